The van der Waals surface area contributed by atoms with Crippen LogP contribution in [-0.2, 0) is 0 Å². The summed E-state index contributed by atoms with van der Waals surface area (Å²) in [6.07, 6.45) is 1.79. The van der Waals surface area contributed by atoms with Crippen LogP contribution in [0.1, 0.15) is 24.3 Å². The maximum Gasteiger partial charge on any atom is 0.126 e. The van der Waals surface area contributed by atoms with Crippen LogP contribution in [0.4, 0.5) is 4.39 Å². The Hall–Kier alpha value is -2.07. The van der Waals surface area contributed by atoms with Gasteiger partial charge in [-0.2, -0.15) is 0 Å². The highest BCUT2D eigenvalue weighted by Crippen LogP contribution is 2.23. The zero-order valence-corrected chi connectivity index (χ0v) is 12.8. The third kappa shape index (κ3) is 4.74. The molecule has 3 nitrogen and oxygen atoms in total. The van der Waals surface area contributed by atoms with E-state index in [2.05, 4.69) is 0 Å². The highest BCUT2D eigenvalue weighted by atomic mass is 19.1. The minimum atomic E-state index is -0.282. The minimum absolute atomic E-state index is 0.282. The second-order valence-corrected chi connectivity index (χ2v) is 5.15. The van der Waals surface area contributed by atoms with Crippen molar-refractivity contribution in [3.8, 4) is 11.5 Å². The van der Waals surface area contributed by atoms with Gasteiger partial charge in [0.25, 0.3) is 0 Å². The van der Waals surface area contributed by atoms with Crippen LogP contribution >= 0.6 is 0 Å². The van der Waals surface area contributed by atoms with E-state index in [-0.39, 0.29) is 5.82 Å². The lowest BCUT2D eigenvalue weighted by Crippen LogP contribution is -2.13. The molecule has 0 heterocycles. The molecular weight excluding hydrogens is 281 g/mol. The first-order valence-corrected chi connectivity index (χ1v) is 7.45. The van der Waals surface area contributed by atoms with Crippen LogP contribution in [0, 0.1) is 5.82 Å². The Morgan fingerprint density at radius 1 is 1.09 bits per heavy atom. The zero-order chi connectivity index (χ0) is 15.8. The summed E-state index contributed by atoms with van der Waals surface area (Å²) in [5, 5.41) is 0. The molecule has 2 rings (SSSR count). The van der Waals surface area contributed by atoms with Crippen molar-refractivity contribution >= 4 is 0 Å². The van der Waals surface area contributed by atoms with Crippen LogP contribution < -0.4 is 15.2 Å². The van der Waals surface area contributed by atoms with Crippen molar-refractivity contribution in [3.63, 3.8) is 0 Å². The number of halogens is 1. The van der Waals surface area contributed by atoms with Crippen molar-refractivity contribution in [1.82, 2.24) is 0 Å². The molecule has 0 aliphatic carbocycles. The zero-order valence-electron chi connectivity index (χ0n) is 12.8. The lowest BCUT2D eigenvalue weighted by atomic mass is 9.94. The molecule has 0 saturated heterocycles. The van der Waals surface area contributed by atoms with Crippen LogP contribution in [-0.4, -0.2) is 20.3 Å². The summed E-state index contributed by atoms with van der Waals surface area (Å²) in [7, 11) is 1.65. The third-order valence-electron chi connectivity index (χ3n) is 3.63. The summed E-state index contributed by atoms with van der Waals surface area (Å²) in [4.78, 5) is 0. The van der Waals surface area contributed by atoms with Crippen LogP contribution in [0.25, 0.3) is 0 Å². The van der Waals surface area contributed by atoms with Gasteiger partial charge in [0.1, 0.15) is 17.3 Å². The quantitative estimate of drug-likeness (QED) is 0.756. The number of rotatable bonds is 8. The summed E-state index contributed by atoms with van der Waals surface area (Å²) in [6, 6.07) is 14.2. The normalized spacial score (nSPS) is 12.0. The van der Waals surface area contributed by atoms with E-state index in [1.165, 1.54) is 17.7 Å². The topological polar surface area (TPSA) is 44.5 Å². The molecule has 118 valence electrons. The first-order valence-electron chi connectivity index (χ1n) is 7.45. The standard InChI is InChI=1S/C18H22FNO2/c1-21-17-9-7-14(8-10-17)15(13-20)4-3-11-22-18-6-2-5-16(19)12-18/h2,5-10,12,15H,3-4,11,13,20H2,1H3. The fraction of sp³-hybridized carbons (Fsp3) is 0.333. The molecule has 4 heteroatoms. The van der Waals surface area contributed by atoms with Crippen molar-refractivity contribution in [2.75, 3.05) is 20.3 Å². The first kappa shape index (κ1) is 16.3. The number of ether oxygens (including phenoxy) is 2. The largest absolute Gasteiger partial charge is 0.497 e. The Morgan fingerprint density at radius 2 is 1.86 bits per heavy atom. The van der Waals surface area contributed by atoms with Gasteiger partial charge < -0.3 is 15.2 Å². The van der Waals surface area contributed by atoms with E-state index in [4.69, 9.17) is 15.2 Å². The fourth-order valence-electron chi connectivity index (χ4n) is 2.37. The second kappa shape index (κ2) is 8.39. The summed E-state index contributed by atoms with van der Waals surface area (Å²) in [5.41, 5.74) is 7.07. The van der Waals surface area contributed by atoms with E-state index in [1.807, 2.05) is 24.3 Å². The maximum absolute atomic E-state index is 13.0. The Bertz CT molecular complexity index is 572. The van der Waals surface area contributed by atoms with E-state index in [0.717, 1.165) is 18.6 Å². The van der Waals surface area contributed by atoms with Gasteiger partial charge in [-0.25, -0.2) is 4.39 Å². The number of benzene rings is 2. The average molecular weight is 303 g/mol. The molecule has 0 aromatic heterocycles. The van der Waals surface area contributed by atoms with Gasteiger partial charge in [-0.15, -0.1) is 0 Å². The Balaban J connectivity index is 1.80. The van der Waals surface area contributed by atoms with Crippen LogP contribution in [0.15, 0.2) is 48.5 Å². The third-order valence-corrected chi connectivity index (χ3v) is 3.63. The molecule has 2 N–H and O–H groups in total. The molecule has 0 fully saturated rings. The van der Waals surface area contributed by atoms with E-state index in [9.17, 15) is 4.39 Å². The van der Waals surface area contributed by atoms with Crippen LogP contribution in [0.2, 0.25) is 0 Å². The lowest BCUT2D eigenvalue weighted by molar-refractivity contribution is 0.300. The molecule has 2 aromatic rings. The van der Waals surface area contributed by atoms with Gasteiger partial charge in [0, 0.05) is 6.07 Å². The van der Waals surface area contributed by atoms with Crippen molar-refractivity contribution in [3.05, 3.63) is 59.9 Å². The van der Waals surface area contributed by atoms with E-state index < -0.39 is 0 Å². The summed E-state index contributed by atoms with van der Waals surface area (Å²) >= 11 is 0. The molecule has 0 saturated carbocycles. The van der Waals surface area contributed by atoms with Crippen molar-refractivity contribution in [2.45, 2.75) is 18.8 Å². The van der Waals surface area contributed by atoms with Crippen molar-refractivity contribution in [2.24, 2.45) is 5.73 Å². The van der Waals surface area contributed by atoms with E-state index in [0.29, 0.717) is 24.8 Å². The van der Waals surface area contributed by atoms with Gasteiger partial charge in [0.05, 0.1) is 13.7 Å². The molecular formula is C18H22FNO2. The van der Waals surface area contributed by atoms with Crippen LogP contribution in [0.3, 0.4) is 0 Å². The Kier molecular flexibility index (Phi) is 6.22. The molecule has 0 aliphatic heterocycles. The lowest BCUT2D eigenvalue weighted by Gasteiger charge is -2.16. The predicted octanol–water partition coefficient (Wildman–Crippen LogP) is 3.74. The summed E-state index contributed by atoms with van der Waals surface area (Å²) in [6.45, 7) is 1.14. The highest BCUT2D eigenvalue weighted by molar-refractivity contribution is 5.29. The van der Waals surface area contributed by atoms with Gasteiger partial charge >= 0.3 is 0 Å². The van der Waals surface area contributed by atoms with Gasteiger partial charge in [0.15, 0.2) is 0 Å². The second-order valence-electron chi connectivity index (χ2n) is 5.15. The smallest absolute Gasteiger partial charge is 0.126 e. The highest BCUT2D eigenvalue weighted by Gasteiger charge is 2.09. The van der Waals surface area contributed by atoms with Gasteiger partial charge in [0.2, 0.25) is 0 Å². The number of hydrogen-bond donors (Lipinski definition) is 1. The SMILES string of the molecule is COc1ccc(C(CN)CCCOc2cccc(F)c2)cc1. The number of hydrogen-bond acceptors (Lipinski definition) is 3. The van der Waals surface area contributed by atoms with E-state index in [1.54, 1.807) is 19.2 Å². The van der Waals surface area contributed by atoms with E-state index >= 15 is 0 Å². The molecule has 0 spiro atoms. The molecule has 0 radical (unpaired) electrons. The molecule has 22 heavy (non-hydrogen) atoms. The Morgan fingerprint density at radius 3 is 2.50 bits per heavy atom. The molecule has 1 unspecified atom stereocenters. The fourth-order valence-corrected chi connectivity index (χ4v) is 2.37. The summed E-state index contributed by atoms with van der Waals surface area (Å²) in [5.74, 6) is 1.42. The minimum Gasteiger partial charge on any atom is -0.497 e. The Labute approximate surface area is 130 Å². The van der Waals surface area contributed by atoms with Crippen molar-refractivity contribution < 1.29 is 13.9 Å². The monoisotopic (exact) mass is 303 g/mol. The molecule has 0 amide bonds. The molecule has 1 atom stereocenters. The van der Waals surface area contributed by atoms with Gasteiger partial charge in [-0.05, 0) is 55.1 Å². The average Bonchev–Trinajstić information content (AvgIpc) is 2.55. The van der Waals surface area contributed by atoms with Gasteiger partial charge in [-0.1, -0.05) is 18.2 Å². The molecule has 0 bridgehead atoms. The maximum atomic E-state index is 13.0. The van der Waals surface area contributed by atoms with Gasteiger partial charge in [-0.3, -0.25) is 0 Å². The molecule has 2 aromatic carbocycles. The number of nitrogens with two attached hydrogens (primary N) is 1. The number of methoxy groups -OCH3 is 1. The van der Waals surface area contributed by atoms with Crippen LogP contribution in [0.5, 0.6) is 11.5 Å². The molecule has 0 aliphatic rings. The predicted molar refractivity (Wildman–Crippen MR) is 85.9 cm³/mol. The summed E-state index contributed by atoms with van der Waals surface area (Å²) < 4.78 is 23.7. The van der Waals surface area contributed by atoms with Crippen molar-refractivity contribution in [1.29, 1.82) is 0 Å². The first-order chi connectivity index (χ1) is 10.7.